The van der Waals surface area contributed by atoms with Gasteiger partial charge >= 0.3 is 0 Å². The highest BCUT2D eigenvalue weighted by atomic mass is 16.0. The van der Waals surface area contributed by atoms with Crippen molar-refractivity contribution in [1.29, 1.82) is 0 Å². The lowest BCUT2D eigenvalue weighted by Gasteiger charge is -2.30. The molecular formula is C18H32N2O2. The van der Waals surface area contributed by atoms with Crippen LogP contribution in [-0.2, 0) is 13.1 Å². The van der Waals surface area contributed by atoms with E-state index >= 15 is 0 Å². The second-order valence-electron chi connectivity index (χ2n) is 7.68. The Bertz CT molecular complexity index is 404. The molecule has 126 valence electrons. The van der Waals surface area contributed by atoms with Gasteiger partial charge in [-0.25, -0.2) is 0 Å². The van der Waals surface area contributed by atoms with E-state index in [0.29, 0.717) is 0 Å². The Kier molecular flexibility index (Phi) is 6.56. The third-order valence-corrected chi connectivity index (χ3v) is 5.44. The standard InChI is InChI=1S/C18H30N2.2H2O/c1-19(11-3-4-12-19)15-17-7-9-18(10-8-17)16-20(2)13-5-6-14-20;;/h7-10H,3-6,11-16H2,1-2H3;2*1H2/q+2;;/p-2. The second kappa shape index (κ2) is 7.55. The van der Waals surface area contributed by atoms with Gasteiger partial charge in [0, 0.05) is 36.8 Å². The van der Waals surface area contributed by atoms with Gasteiger partial charge in [0.1, 0.15) is 13.1 Å². The van der Waals surface area contributed by atoms with E-state index in [1.54, 1.807) is 0 Å². The number of hydrogen-bond acceptors (Lipinski definition) is 2. The molecular weight excluding hydrogens is 276 g/mol. The highest BCUT2D eigenvalue weighted by Crippen LogP contribution is 2.23. The van der Waals surface area contributed by atoms with Crippen molar-refractivity contribution in [2.24, 2.45) is 0 Å². The van der Waals surface area contributed by atoms with E-state index in [2.05, 4.69) is 38.4 Å². The molecule has 1 aromatic rings. The first-order chi connectivity index (χ1) is 9.57. The average Bonchev–Trinajstić information content (AvgIpc) is 3.02. The molecule has 0 amide bonds. The van der Waals surface area contributed by atoms with Crippen LogP contribution >= 0.6 is 0 Å². The molecule has 0 aliphatic carbocycles. The number of rotatable bonds is 4. The van der Waals surface area contributed by atoms with E-state index in [-0.39, 0.29) is 11.0 Å². The molecule has 1 aromatic carbocycles. The SMILES string of the molecule is C[N+]1(Cc2ccc(C[N+]3(C)CCCC3)cc2)CCCC1.[OH-].[OH-]. The third kappa shape index (κ3) is 4.53. The maximum absolute atomic E-state index is 2.41. The summed E-state index contributed by atoms with van der Waals surface area (Å²) >= 11 is 0. The van der Waals surface area contributed by atoms with Crippen LogP contribution in [0.5, 0.6) is 0 Å². The van der Waals surface area contributed by atoms with Gasteiger partial charge in [-0.05, 0) is 0 Å². The van der Waals surface area contributed by atoms with Gasteiger partial charge in [0.05, 0.1) is 40.3 Å². The lowest BCUT2D eigenvalue weighted by molar-refractivity contribution is -0.911. The number of likely N-dealkylation sites (tertiary alicyclic amines) is 2. The molecule has 0 spiro atoms. The van der Waals surface area contributed by atoms with Crippen molar-refractivity contribution in [3.8, 4) is 0 Å². The molecule has 0 aromatic heterocycles. The van der Waals surface area contributed by atoms with E-state index in [1.807, 2.05) is 0 Å². The summed E-state index contributed by atoms with van der Waals surface area (Å²) in [7, 11) is 4.83. The summed E-state index contributed by atoms with van der Waals surface area (Å²) in [5, 5.41) is 0. The third-order valence-electron chi connectivity index (χ3n) is 5.44. The molecule has 22 heavy (non-hydrogen) atoms. The Labute approximate surface area is 135 Å². The van der Waals surface area contributed by atoms with Crippen molar-refractivity contribution in [1.82, 2.24) is 0 Å². The van der Waals surface area contributed by atoms with Crippen molar-refractivity contribution < 1.29 is 19.9 Å². The van der Waals surface area contributed by atoms with Crippen molar-refractivity contribution in [3.05, 3.63) is 35.4 Å². The fourth-order valence-electron chi connectivity index (χ4n) is 4.15. The van der Waals surface area contributed by atoms with Crippen molar-refractivity contribution in [3.63, 3.8) is 0 Å². The zero-order valence-corrected chi connectivity index (χ0v) is 14.2. The van der Waals surface area contributed by atoms with Crippen LogP contribution in [0.15, 0.2) is 24.3 Å². The molecule has 0 unspecified atom stereocenters. The van der Waals surface area contributed by atoms with E-state index in [1.165, 1.54) is 85.0 Å². The van der Waals surface area contributed by atoms with Crippen molar-refractivity contribution >= 4 is 0 Å². The minimum absolute atomic E-state index is 0. The fraction of sp³-hybridized carbons (Fsp3) is 0.667. The van der Waals surface area contributed by atoms with Gasteiger partial charge in [-0.15, -0.1) is 0 Å². The summed E-state index contributed by atoms with van der Waals surface area (Å²) in [6.07, 6.45) is 5.63. The Morgan fingerprint density at radius 1 is 0.636 bits per heavy atom. The van der Waals surface area contributed by atoms with Gasteiger partial charge in [-0.3, -0.25) is 0 Å². The Morgan fingerprint density at radius 2 is 0.909 bits per heavy atom. The van der Waals surface area contributed by atoms with E-state index in [0.717, 1.165) is 0 Å². The molecule has 2 aliphatic heterocycles. The fourth-order valence-corrected chi connectivity index (χ4v) is 4.15. The van der Waals surface area contributed by atoms with Gasteiger partial charge in [0.25, 0.3) is 0 Å². The summed E-state index contributed by atoms with van der Waals surface area (Å²) < 4.78 is 2.49. The van der Waals surface area contributed by atoms with Crippen LogP contribution in [0.1, 0.15) is 36.8 Å². The largest absolute Gasteiger partial charge is 0.870 e. The maximum Gasteiger partial charge on any atom is 0.104 e. The van der Waals surface area contributed by atoms with E-state index in [9.17, 15) is 0 Å². The highest BCUT2D eigenvalue weighted by molar-refractivity contribution is 5.21. The minimum atomic E-state index is 0. The van der Waals surface area contributed by atoms with E-state index in [4.69, 9.17) is 0 Å². The van der Waals surface area contributed by atoms with Gasteiger partial charge < -0.3 is 19.9 Å². The molecule has 2 heterocycles. The lowest BCUT2D eigenvalue weighted by atomic mass is 10.1. The zero-order valence-electron chi connectivity index (χ0n) is 14.2. The molecule has 3 rings (SSSR count). The van der Waals surface area contributed by atoms with Crippen LogP contribution in [0.3, 0.4) is 0 Å². The number of benzene rings is 1. The first kappa shape index (κ1) is 19.1. The van der Waals surface area contributed by atoms with Crippen LogP contribution in [0.25, 0.3) is 0 Å². The van der Waals surface area contributed by atoms with Crippen LogP contribution < -0.4 is 0 Å². The number of nitrogens with zero attached hydrogens (tertiary/aromatic N) is 2. The van der Waals surface area contributed by atoms with Crippen LogP contribution in [-0.4, -0.2) is 60.2 Å². The topological polar surface area (TPSA) is 60.0 Å². The van der Waals surface area contributed by atoms with Gasteiger partial charge in [0.15, 0.2) is 0 Å². The molecule has 0 atom stereocenters. The summed E-state index contributed by atoms with van der Waals surface area (Å²) in [5.74, 6) is 0. The van der Waals surface area contributed by atoms with Gasteiger partial charge in [-0.2, -0.15) is 0 Å². The van der Waals surface area contributed by atoms with Gasteiger partial charge in [0.2, 0.25) is 0 Å². The minimum Gasteiger partial charge on any atom is -0.870 e. The molecule has 2 N–H and O–H groups in total. The predicted octanol–water partition coefficient (Wildman–Crippen LogP) is 2.81. The molecule has 0 saturated carbocycles. The Hall–Kier alpha value is -0.940. The van der Waals surface area contributed by atoms with Crippen LogP contribution in [0, 0.1) is 0 Å². The summed E-state index contributed by atoms with van der Waals surface area (Å²) in [6, 6.07) is 9.50. The first-order valence-electron chi connectivity index (χ1n) is 8.32. The molecule has 2 fully saturated rings. The smallest absolute Gasteiger partial charge is 0.104 e. The molecule has 4 nitrogen and oxygen atoms in total. The molecule has 4 heteroatoms. The average molecular weight is 308 g/mol. The Balaban J connectivity index is 0.00000121. The Morgan fingerprint density at radius 3 is 1.18 bits per heavy atom. The van der Waals surface area contributed by atoms with Gasteiger partial charge in [-0.1, -0.05) is 24.3 Å². The first-order valence-corrected chi connectivity index (χ1v) is 8.32. The van der Waals surface area contributed by atoms with Crippen molar-refractivity contribution in [2.45, 2.75) is 38.8 Å². The summed E-state index contributed by atoms with van der Waals surface area (Å²) in [4.78, 5) is 0. The zero-order chi connectivity index (χ0) is 14.1. The summed E-state index contributed by atoms with van der Waals surface area (Å²) in [5.41, 5.74) is 3.03. The summed E-state index contributed by atoms with van der Waals surface area (Å²) in [6.45, 7) is 7.86. The quantitative estimate of drug-likeness (QED) is 0.803. The highest BCUT2D eigenvalue weighted by Gasteiger charge is 2.28. The molecule has 2 saturated heterocycles. The van der Waals surface area contributed by atoms with Crippen LogP contribution in [0.2, 0.25) is 0 Å². The predicted molar refractivity (Wildman–Crippen MR) is 88.0 cm³/mol. The van der Waals surface area contributed by atoms with Crippen LogP contribution in [0.4, 0.5) is 0 Å². The van der Waals surface area contributed by atoms with Crippen molar-refractivity contribution in [2.75, 3.05) is 40.3 Å². The molecule has 0 bridgehead atoms. The molecule has 2 aliphatic rings. The maximum atomic E-state index is 2.41. The normalized spacial score (nSPS) is 21.9. The number of quaternary nitrogens is 2. The number of hydrogen-bond donors (Lipinski definition) is 0. The molecule has 0 radical (unpaired) electrons. The lowest BCUT2D eigenvalue weighted by Crippen LogP contribution is -2.40. The van der Waals surface area contributed by atoms with E-state index < -0.39 is 0 Å². The monoisotopic (exact) mass is 308 g/mol. The second-order valence-corrected chi connectivity index (χ2v) is 7.68.